The molecule has 0 radical (unpaired) electrons. The molecule has 0 aliphatic heterocycles. The number of anilines is 1. The van der Waals surface area contributed by atoms with E-state index in [1.54, 1.807) is 13.0 Å². The van der Waals surface area contributed by atoms with Crippen molar-refractivity contribution >= 4 is 34.6 Å². The maximum Gasteiger partial charge on any atom is 0.240 e. The number of para-hydroxylation sites is 3. The van der Waals surface area contributed by atoms with Crippen LogP contribution < -0.4 is 5.32 Å². The second-order valence-electron chi connectivity index (χ2n) is 6.14. The van der Waals surface area contributed by atoms with E-state index >= 15 is 0 Å². The van der Waals surface area contributed by atoms with Crippen LogP contribution in [-0.4, -0.2) is 25.9 Å². The Balaban J connectivity index is 1.64. The van der Waals surface area contributed by atoms with Gasteiger partial charge in [0, 0.05) is 11.8 Å². The summed E-state index contributed by atoms with van der Waals surface area (Å²) in [5.41, 5.74) is 3.62. The van der Waals surface area contributed by atoms with Crippen molar-refractivity contribution in [1.82, 2.24) is 14.7 Å². The minimum atomic E-state index is -0.366. The molecule has 0 saturated carbocycles. The van der Waals surface area contributed by atoms with Gasteiger partial charge in [-0.25, -0.2) is 4.98 Å². The molecule has 1 amide bonds. The Morgan fingerprint density at radius 2 is 1.89 bits per heavy atom. The number of amides is 1. The number of carbonyl (C=O) groups excluding carboxylic acids is 1. The molecule has 7 heteroatoms. The molecule has 0 bridgehead atoms. The molecular formula is C20H18N4O2S. The van der Waals surface area contributed by atoms with Gasteiger partial charge in [-0.15, -0.1) is 0 Å². The topological polar surface area (TPSA) is 73.0 Å². The molecule has 4 aromatic rings. The van der Waals surface area contributed by atoms with Gasteiger partial charge in [0.25, 0.3) is 0 Å². The number of nitrogens with zero attached hydrogens (tertiary/aromatic N) is 3. The van der Waals surface area contributed by atoms with Crippen LogP contribution in [0.1, 0.15) is 12.6 Å². The predicted octanol–water partition coefficient (Wildman–Crippen LogP) is 4.44. The number of hydrogen-bond acceptors (Lipinski definition) is 5. The second kappa shape index (κ2) is 7.28. The summed E-state index contributed by atoms with van der Waals surface area (Å²) in [6.07, 6.45) is 0. The number of aromatic nitrogens is 3. The lowest BCUT2D eigenvalue weighted by molar-refractivity contribution is -0.115. The van der Waals surface area contributed by atoms with Gasteiger partial charge in [-0.1, -0.05) is 47.3 Å². The van der Waals surface area contributed by atoms with E-state index in [0.29, 0.717) is 5.88 Å². The highest BCUT2D eigenvalue weighted by Gasteiger charge is 2.21. The lowest BCUT2D eigenvalue weighted by atomic mass is 10.3. The van der Waals surface area contributed by atoms with Crippen molar-refractivity contribution in [2.45, 2.75) is 24.3 Å². The number of aryl methyl sites for hydroxylation is 1. The fourth-order valence-corrected chi connectivity index (χ4v) is 3.71. The molecule has 6 nitrogen and oxygen atoms in total. The average molecular weight is 378 g/mol. The van der Waals surface area contributed by atoms with Crippen molar-refractivity contribution in [3.63, 3.8) is 0 Å². The van der Waals surface area contributed by atoms with Crippen molar-refractivity contribution in [3.8, 4) is 5.69 Å². The van der Waals surface area contributed by atoms with E-state index in [9.17, 15) is 4.79 Å². The highest BCUT2D eigenvalue weighted by atomic mass is 32.2. The minimum absolute atomic E-state index is 0.164. The van der Waals surface area contributed by atoms with Gasteiger partial charge in [0.05, 0.1) is 22.0 Å². The molecule has 0 spiro atoms. The summed E-state index contributed by atoms with van der Waals surface area (Å²) in [5, 5.41) is 6.93. The minimum Gasteiger partial charge on any atom is -0.338 e. The van der Waals surface area contributed by atoms with Crippen molar-refractivity contribution in [1.29, 1.82) is 0 Å². The van der Waals surface area contributed by atoms with E-state index in [-0.39, 0.29) is 11.2 Å². The Labute approximate surface area is 160 Å². The van der Waals surface area contributed by atoms with Crippen molar-refractivity contribution in [2.24, 2.45) is 0 Å². The molecule has 0 saturated heterocycles. The lowest BCUT2D eigenvalue weighted by Gasteiger charge is -2.12. The number of fused-ring (bicyclic) bond motifs is 1. The molecule has 27 heavy (non-hydrogen) atoms. The number of hydrogen-bond donors (Lipinski definition) is 1. The summed E-state index contributed by atoms with van der Waals surface area (Å²) < 4.78 is 7.14. The zero-order valence-corrected chi connectivity index (χ0v) is 15.7. The first-order chi connectivity index (χ1) is 13.1. The Kier molecular flexibility index (Phi) is 4.68. The highest BCUT2D eigenvalue weighted by Crippen LogP contribution is 2.30. The molecule has 136 valence electrons. The van der Waals surface area contributed by atoms with Gasteiger partial charge in [0.15, 0.2) is 5.16 Å². The fourth-order valence-electron chi connectivity index (χ4n) is 2.77. The van der Waals surface area contributed by atoms with Gasteiger partial charge in [-0.3, -0.25) is 14.7 Å². The quantitative estimate of drug-likeness (QED) is 0.520. The normalized spacial score (nSPS) is 12.2. The van der Waals surface area contributed by atoms with Crippen molar-refractivity contribution in [2.75, 3.05) is 5.32 Å². The van der Waals surface area contributed by atoms with Crippen LogP contribution in [0.2, 0.25) is 0 Å². The third-order valence-corrected chi connectivity index (χ3v) is 5.12. The molecule has 2 heterocycles. The van der Waals surface area contributed by atoms with E-state index in [4.69, 9.17) is 9.51 Å². The van der Waals surface area contributed by atoms with Crippen molar-refractivity contribution < 1.29 is 9.32 Å². The van der Waals surface area contributed by atoms with Crippen LogP contribution in [0.5, 0.6) is 0 Å². The first-order valence-corrected chi connectivity index (χ1v) is 9.43. The molecule has 1 N–H and O–H groups in total. The molecule has 1 unspecified atom stereocenters. The number of imidazole rings is 1. The van der Waals surface area contributed by atoms with Crippen LogP contribution in [0.25, 0.3) is 16.7 Å². The summed E-state index contributed by atoms with van der Waals surface area (Å²) in [7, 11) is 0. The fraction of sp³-hybridized carbons (Fsp3) is 0.150. The predicted molar refractivity (Wildman–Crippen MR) is 106 cm³/mol. The standard InChI is InChI=1S/C20H18N4O2S/c1-13-12-18(26-23-13)22-19(25)14(2)27-20-21-16-10-6-7-11-17(16)24(20)15-8-4-3-5-9-15/h3-12,14H,1-2H3,(H,22,25). The third-order valence-electron chi connectivity index (χ3n) is 4.07. The first-order valence-electron chi connectivity index (χ1n) is 8.55. The summed E-state index contributed by atoms with van der Waals surface area (Å²) in [5.74, 6) is 0.185. The third kappa shape index (κ3) is 3.59. The van der Waals surface area contributed by atoms with Crippen molar-refractivity contribution in [3.05, 3.63) is 66.4 Å². The Morgan fingerprint density at radius 1 is 1.15 bits per heavy atom. The number of benzene rings is 2. The average Bonchev–Trinajstić information content (AvgIpc) is 3.25. The summed E-state index contributed by atoms with van der Waals surface area (Å²) in [6, 6.07) is 19.6. The molecule has 0 aliphatic carbocycles. The zero-order chi connectivity index (χ0) is 18.8. The van der Waals surface area contributed by atoms with Crippen LogP contribution in [0.15, 0.2) is 70.3 Å². The number of thioether (sulfide) groups is 1. The molecular weight excluding hydrogens is 360 g/mol. The SMILES string of the molecule is Cc1cc(NC(=O)C(C)Sc2nc3ccccc3n2-c2ccccc2)on1. The number of rotatable bonds is 5. The van der Waals surface area contributed by atoms with Gasteiger partial charge in [-0.2, -0.15) is 0 Å². The van der Waals surface area contributed by atoms with E-state index in [1.165, 1.54) is 11.8 Å². The van der Waals surface area contributed by atoms with Gasteiger partial charge < -0.3 is 4.52 Å². The highest BCUT2D eigenvalue weighted by molar-refractivity contribution is 8.00. The summed E-state index contributed by atoms with van der Waals surface area (Å²) in [6.45, 7) is 3.65. The maximum absolute atomic E-state index is 12.5. The number of carbonyl (C=O) groups is 1. The summed E-state index contributed by atoms with van der Waals surface area (Å²) >= 11 is 1.40. The number of nitrogens with one attached hydrogen (secondary N) is 1. The molecule has 1 atom stereocenters. The molecule has 4 rings (SSSR count). The lowest BCUT2D eigenvalue weighted by Crippen LogP contribution is -2.22. The van der Waals surface area contributed by atoms with E-state index in [0.717, 1.165) is 27.6 Å². The summed E-state index contributed by atoms with van der Waals surface area (Å²) in [4.78, 5) is 17.3. The van der Waals surface area contributed by atoms with Crippen LogP contribution >= 0.6 is 11.8 Å². The maximum atomic E-state index is 12.5. The smallest absolute Gasteiger partial charge is 0.240 e. The molecule has 2 aromatic heterocycles. The first kappa shape index (κ1) is 17.4. The van der Waals surface area contributed by atoms with E-state index < -0.39 is 0 Å². The molecule has 0 aliphatic rings. The van der Waals surface area contributed by atoms with Gasteiger partial charge in [-0.05, 0) is 38.1 Å². The zero-order valence-electron chi connectivity index (χ0n) is 14.9. The van der Waals surface area contributed by atoms with Crippen LogP contribution in [0.4, 0.5) is 5.88 Å². The Morgan fingerprint density at radius 3 is 2.63 bits per heavy atom. The van der Waals surface area contributed by atoms with Crippen LogP contribution in [0, 0.1) is 6.92 Å². The largest absolute Gasteiger partial charge is 0.338 e. The molecule has 2 aromatic carbocycles. The van der Waals surface area contributed by atoms with Gasteiger partial charge in [0.2, 0.25) is 11.8 Å². The Bertz CT molecular complexity index is 1090. The monoisotopic (exact) mass is 378 g/mol. The Hall–Kier alpha value is -3.06. The van der Waals surface area contributed by atoms with Gasteiger partial charge in [0.1, 0.15) is 0 Å². The van der Waals surface area contributed by atoms with Gasteiger partial charge >= 0.3 is 0 Å². The van der Waals surface area contributed by atoms with E-state index in [2.05, 4.69) is 15.0 Å². The van der Waals surface area contributed by atoms with Crippen LogP contribution in [-0.2, 0) is 4.79 Å². The molecule has 0 fully saturated rings. The van der Waals surface area contributed by atoms with E-state index in [1.807, 2.05) is 61.5 Å². The second-order valence-corrected chi connectivity index (χ2v) is 7.44. The van der Waals surface area contributed by atoms with Crippen LogP contribution in [0.3, 0.4) is 0 Å².